The molecule has 0 atom stereocenters. The van der Waals surface area contributed by atoms with Crippen LogP contribution in [0.25, 0.3) is 10.6 Å². The van der Waals surface area contributed by atoms with Crippen LogP contribution in [0.5, 0.6) is 0 Å². The number of benzene rings is 1. The van der Waals surface area contributed by atoms with E-state index >= 15 is 0 Å². The van der Waals surface area contributed by atoms with Crippen molar-refractivity contribution in [3.05, 3.63) is 51.5 Å². The molecule has 9 heteroatoms. The van der Waals surface area contributed by atoms with Gasteiger partial charge < -0.3 is 0 Å². The normalized spacial score (nSPS) is 10.5. The number of rotatable bonds is 4. The summed E-state index contributed by atoms with van der Waals surface area (Å²) >= 11 is 2.28. The van der Waals surface area contributed by atoms with Crippen molar-refractivity contribution >= 4 is 34.7 Å². The minimum Gasteiger partial charge on any atom is -0.266 e. The van der Waals surface area contributed by atoms with E-state index in [1.165, 1.54) is 11.3 Å². The number of hydrogen-bond donors (Lipinski definition) is 2. The van der Waals surface area contributed by atoms with Gasteiger partial charge in [-0.05, 0) is 24.9 Å². The number of aryl methyl sites for hydroxylation is 2. The first-order valence-electron chi connectivity index (χ1n) is 7.55. The van der Waals surface area contributed by atoms with Gasteiger partial charge in [-0.3, -0.25) is 20.4 Å². The van der Waals surface area contributed by atoms with Gasteiger partial charge in [0, 0.05) is 5.56 Å². The zero-order chi connectivity index (χ0) is 17.8. The molecule has 2 amide bonds. The third-order valence-electron chi connectivity index (χ3n) is 3.41. The summed E-state index contributed by atoms with van der Waals surface area (Å²) in [5.41, 5.74) is 7.00. The van der Waals surface area contributed by atoms with Gasteiger partial charge in [0.15, 0.2) is 0 Å². The monoisotopic (exact) mass is 373 g/mol. The molecule has 25 heavy (non-hydrogen) atoms. The second kappa shape index (κ2) is 7.49. The Balaban J connectivity index is 1.70. The van der Waals surface area contributed by atoms with Crippen LogP contribution in [0.15, 0.2) is 30.3 Å². The highest BCUT2D eigenvalue weighted by molar-refractivity contribution is 7.17. The van der Waals surface area contributed by atoms with E-state index in [0.717, 1.165) is 22.1 Å². The SMILES string of the molecule is CCc1nnsc1C(=O)NNC(=O)c1sc(-c2ccccc2)nc1C. The van der Waals surface area contributed by atoms with E-state index in [9.17, 15) is 9.59 Å². The predicted molar refractivity (Wildman–Crippen MR) is 96.5 cm³/mol. The van der Waals surface area contributed by atoms with Crippen molar-refractivity contribution in [1.29, 1.82) is 0 Å². The van der Waals surface area contributed by atoms with Crippen molar-refractivity contribution in [2.45, 2.75) is 20.3 Å². The third-order valence-corrected chi connectivity index (χ3v) is 5.38. The molecule has 0 bridgehead atoms. The number of nitrogens with one attached hydrogen (secondary N) is 2. The van der Waals surface area contributed by atoms with Crippen LogP contribution in [0.2, 0.25) is 0 Å². The maximum absolute atomic E-state index is 12.4. The predicted octanol–water partition coefficient (Wildman–Crippen LogP) is 2.61. The number of aromatic nitrogens is 3. The van der Waals surface area contributed by atoms with E-state index in [4.69, 9.17) is 0 Å². The summed E-state index contributed by atoms with van der Waals surface area (Å²) in [5.74, 6) is -0.827. The zero-order valence-corrected chi connectivity index (χ0v) is 15.2. The molecule has 3 aromatic rings. The lowest BCUT2D eigenvalue weighted by Gasteiger charge is -2.05. The zero-order valence-electron chi connectivity index (χ0n) is 13.6. The van der Waals surface area contributed by atoms with E-state index in [1.807, 2.05) is 37.3 Å². The average Bonchev–Trinajstić information content (AvgIpc) is 3.26. The molecule has 1 aromatic carbocycles. The highest BCUT2D eigenvalue weighted by Crippen LogP contribution is 2.27. The van der Waals surface area contributed by atoms with Crippen molar-refractivity contribution in [3.8, 4) is 10.6 Å². The van der Waals surface area contributed by atoms with E-state index in [1.54, 1.807) is 6.92 Å². The summed E-state index contributed by atoms with van der Waals surface area (Å²) in [7, 11) is 0. The van der Waals surface area contributed by atoms with E-state index < -0.39 is 11.8 Å². The summed E-state index contributed by atoms with van der Waals surface area (Å²) in [5, 5.41) is 4.64. The van der Waals surface area contributed by atoms with E-state index in [0.29, 0.717) is 27.6 Å². The molecule has 0 unspecified atom stereocenters. The molecule has 0 fully saturated rings. The second-order valence-electron chi connectivity index (χ2n) is 5.11. The van der Waals surface area contributed by atoms with Crippen LogP contribution in [-0.4, -0.2) is 26.4 Å². The maximum Gasteiger partial charge on any atom is 0.283 e. The molecule has 2 N–H and O–H groups in total. The molecule has 128 valence electrons. The molecule has 2 heterocycles. The number of carbonyl (C=O) groups excluding carboxylic acids is 2. The largest absolute Gasteiger partial charge is 0.283 e. The summed E-state index contributed by atoms with van der Waals surface area (Å²) in [6.45, 7) is 3.65. The van der Waals surface area contributed by atoms with Crippen LogP contribution in [-0.2, 0) is 6.42 Å². The summed E-state index contributed by atoms with van der Waals surface area (Å²) < 4.78 is 3.76. The van der Waals surface area contributed by atoms with E-state index in [-0.39, 0.29) is 0 Å². The number of amides is 2. The summed E-state index contributed by atoms with van der Waals surface area (Å²) in [6.07, 6.45) is 0.599. The minimum atomic E-state index is -0.425. The van der Waals surface area contributed by atoms with Crippen molar-refractivity contribution in [3.63, 3.8) is 0 Å². The van der Waals surface area contributed by atoms with Crippen LogP contribution >= 0.6 is 22.9 Å². The Hall–Kier alpha value is -2.65. The van der Waals surface area contributed by atoms with Crippen molar-refractivity contribution in [1.82, 2.24) is 25.4 Å². The molecule has 0 aliphatic rings. The van der Waals surface area contributed by atoms with Crippen LogP contribution < -0.4 is 10.9 Å². The Morgan fingerprint density at radius 3 is 2.44 bits per heavy atom. The van der Waals surface area contributed by atoms with Gasteiger partial charge >= 0.3 is 0 Å². The van der Waals surface area contributed by atoms with Crippen molar-refractivity contribution < 1.29 is 9.59 Å². The molecule has 3 rings (SSSR count). The standard InChI is InChI=1S/C16H15N5O2S2/c1-3-11-13(25-21-18-11)15(23)20-19-14(22)12-9(2)17-16(24-12)10-7-5-4-6-8-10/h4-8H,3H2,1-2H3,(H,19,22)(H,20,23). The smallest absolute Gasteiger partial charge is 0.266 e. The van der Waals surface area contributed by atoms with E-state index in [2.05, 4.69) is 25.4 Å². The van der Waals surface area contributed by atoms with Gasteiger partial charge in [-0.2, -0.15) is 0 Å². The molecule has 0 aliphatic carbocycles. The molecular weight excluding hydrogens is 358 g/mol. The molecule has 0 aliphatic heterocycles. The first kappa shape index (κ1) is 17.2. The Kier molecular flexibility index (Phi) is 5.15. The topological polar surface area (TPSA) is 96.9 Å². The average molecular weight is 373 g/mol. The Bertz CT molecular complexity index is 904. The lowest BCUT2D eigenvalue weighted by atomic mass is 10.2. The Labute approximate surface area is 152 Å². The van der Waals surface area contributed by atoms with Crippen LogP contribution in [0.1, 0.15) is 37.7 Å². The lowest BCUT2D eigenvalue weighted by Crippen LogP contribution is -2.41. The number of hydrazine groups is 1. The number of nitrogens with zero attached hydrogens (tertiary/aromatic N) is 3. The lowest BCUT2D eigenvalue weighted by molar-refractivity contribution is 0.0850. The summed E-state index contributed by atoms with van der Waals surface area (Å²) in [4.78, 5) is 29.8. The van der Waals surface area contributed by atoms with Gasteiger partial charge in [0.1, 0.15) is 14.8 Å². The second-order valence-corrected chi connectivity index (χ2v) is 6.86. The fourth-order valence-electron chi connectivity index (χ4n) is 2.15. The quantitative estimate of drug-likeness (QED) is 0.685. The Morgan fingerprint density at radius 2 is 1.76 bits per heavy atom. The van der Waals surface area contributed by atoms with Gasteiger partial charge in [0.05, 0.1) is 11.4 Å². The van der Waals surface area contributed by atoms with Gasteiger partial charge in [0.2, 0.25) is 0 Å². The molecule has 0 saturated carbocycles. The molecular formula is C16H15N5O2S2. The third kappa shape index (κ3) is 3.72. The number of carbonyl (C=O) groups is 2. The maximum atomic E-state index is 12.4. The molecule has 2 aromatic heterocycles. The van der Waals surface area contributed by atoms with Gasteiger partial charge in [-0.25, -0.2) is 4.98 Å². The van der Waals surface area contributed by atoms with Crippen molar-refractivity contribution in [2.24, 2.45) is 0 Å². The van der Waals surface area contributed by atoms with Gasteiger partial charge in [0.25, 0.3) is 11.8 Å². The molecule has 0 radical (unpaired) electrons. The fraction of sp³-hybridized carbons (Fsp3) is 0.188. The van der Waals surface area contributed by atoms with Crippen LogP contribution in [0, 0.1) is 6.92 Å². The van der Waals surface area contributed by atoms with Crippen LogP contribution in [0.3, 0.4) is 0 Å². The molecule has 0 saturated heterocycles. The molecule has 7 nitrogen and oxygen atoms in total. The van der Waals surface area contributed by atoms with Gasteiger partial charge in [-0.15, -0.1) is 16.4 Å². The number of thiazole rings is 1. The fourth-order valence-corrected chi connectivity index (χ4v) is 3.76. The first-order valence-corrected chi connectivity index (χ1v) is 9.14. The minimum absolute atomic E-state index is 0.397. The Morgan fingerprint density at radius 1 is 1.08 bits per heavy atom. The molecule has 0 spiro atoms. The highest BCUT2D eigenvalue weighted by Gasteiger charge is 2.19. The van der Waals surface area contributed by atoms with Crippen molar-refractivity contribution in [2.75, 3.05) is 0 Å². The first-order chi connectivity index (χ1) is 12.1. The van der Waals surface area contributed by atoms with Gasteiger partial charge in [-0.1, -0.05) is 41.7 Å². The summed E-state index contributed by atoms with van der Waals surface area (Å²) in [6, 6.07) is 9.63. The highest BCUT2D eigenvalue weighted by atomic mass is 32.1. The number of hydrogen-bond acceptors (Lipinski definition) is 7. The van der Waals surface area contributed by atoms with Crippen LogP contribution in [0.4, 0.5) is 0 Å².